The Morgan fingerprint density at radius 1 is 0.806 bits per heavy atom. The SMILES string of the molecule is CCNC(=O)C(C)N(Cc1ccccc1)C(=O)CC(c1ccccc1)c1ccccc1. The third kappa shape index (κ3) is 6.05. The number of nitrogens with one attached hydrogen (secondary N) is 1. The Kier molecular flexibility index (Phi) is 7.99. The number of likely N-dealkylation sites (N-methyl/N-ethyl adjacent to an activating group) is 1. The van der Waals surface area contributed by atoms with Gasteiger partial charge in [0.1, 0.15) is 6.04 Å². The van der Waals surface area contributed by atoms with Crippen LogP contribution in [0.4, 0.5) is 0 Å². The Balaban J connectivity index is 1.90. The third-order valence-corrected chi connectivity index (χ3v) is 5.50. The van der Waals surface area contributed by atoms with Gasteiger partial charge in [0.05, 0.1) is 0 Å². The first-order chi connectivity index (χ1) is 15.1. The van der Waals surface area contributed by atoms with Gasteiger partial charge in [0.25, 0.3) is 0 Å². The molecule has 0 bridgehead atoms. The van der Waals surface area contributed by atoms with Gasteiger partial charge in [0.2, 0.25) is 11.8 Å². The van der Waals surface area contributed by atoms with E-state index >= 15 is 0 Å². The van der Waals surface area contributed by atoms with E-state index in [-0.39, 0.29) is 17.7 Å². The number of nitrogens with zero attached hydrogens (tertiary/aromatic N) is 1. The summed E-state index contributed by atoms with van der Waals surface area (Å²) in [4.78, 5) is 27.9. The van der Waals surface area contributed by atoms with Gasteiger partial charge in [-0.15, -0.1) is 0 Å². The van der Waals surface area contributed by atoms with E-state index in [4.69, 9.17) is 0 Å². The fraction of sp³-hybridized carbons (Fsp3) is 0.259. The summed E-state index contributed by atoms with van der Waals surface area (Å²) in [5.41, 5.74) is 3.18. The predicted molar refractivity (Wildman–Crippen MR) is 124 cm³/mol. The van der Waals surface area contributed by atoms with Gasteiger partial charge in [-0.25, -0.2) is 0 Å². The minimum atomic E-state index is -0.556. The smallest absolute Gasteiger partial charge is 0.242 e. The van der Waals surface area contributed by atoms with Crippen LogP contribution in [-0.2, 0) is 16.1 Å². The second kappa shape index (κ2) is 11.1. The molecule has 0 saturated heterocycles. The summed E-state index contributed by atoms with van der Waals surface area (Å²) in [5, 5.41) is 2.85. The van der Waals surface area contributed by atoms with Crippen LogP contribution < -0.4 is 5.32 Å². The average molecular weight is 415 g/mol. The summed E-state index contributed by atoms with van der Waals surface area (Å²) in [6.45, 7) is 4.61. The Morgan fingerprint density at radius 3 is 1.77 bits per heavy atom. The largest absolute Gasteiger partial charge is 0.355 e. The van der Waals surface area contributed by atoms with Gasteiger partial charge < -0.3 is 10.2 Å². The van der Waals surface area contributed by atoms with Gasteiger partial charge in [-0.1, -0.05) is 91.0 Å². The zero-order valence-electron chi connectivity index (χ0n) is 18.2. The van der Waals surface area contributed by atoms with Crippen molar-refractivity contribution >= 4 is 11.8 Å². The Bertz CT molecular complexity index is 919. The second-order valence-corrected chi connectivity index (χ2v) is 7.66. The number of hydrogen-bond donors (Lipinski definition) is 1. The topological polar surface area (TPSA) is 49.4 Å². The molecule has 160 valence electrons. The van der Waals surface area contributed by atoms with Crippen LogP contribution in [-0.4, -0.2) is 29.3 Å². The Labute approximate surface area is 184 Å². The first-order valence-corrected chi connectivity index (χ1v) is 10.8. The van der Waals surface area contributed by atoms with E-state index in [1.807, 2.05) is 73.7 Å². The fourth-order valence-electron chi connectivity index (χ4n) is 3.78. The maximum atomic E-state index is 13.6. The number of carbonyl (C=O) groups excluding carboxylic acids is 2. The van der Waals surface area contributed by atoms with Crippen LogP contribution in [0.5, 0.6) is 0 Å². The van der Waals surface area contributed by atoms with Gasteiger partial charge in [-0.05, 0) is 30.5 Å². The van der Waals surface area contributed by atoms with Crippen LogP contribution in [0.1, 0.15) is 42.9 Å². The molecular formula is C27H30N2O2. The zero-order chi connectivity index (χ0) is 22.1. The van der Waals surface area contributed by atoms with Crippen molar-refractivity contribution in [3.63, 3.8) is 0 Å². The lowest BCUT2D eigenvalue weighted by molar-refractivity contribution is -0.140. The van der Waals surface area contributed by atoms with Crippen LogP contribution in [0.3, 0.4) is 0 Å². The van der Waals surface area contributed by atoms with Gasteiger partial charge in [0, 0.05) is 25.4 Å². The summed E-state index contributed by atoms with van der Waals surface area (Å²) in [6, 6.07) is 29.4. The van der Waals surface area contributed by atoms with Crippen molar-refractivity contribution < 1.29 is 9.59 Å². The van der Waals surface area contributed by atoms with Crippen LogP contribution in [0.2, 0.25) is 0 Å². The quantitative estimate of drug-likeness (QED) is 0.549. The molecule has 3 aromatic rings. The summed E-state index contributed by atoms with van der Waals surface area (Å²) in [6.07, 6.45) is 0.296. The number of amides is 2. The molecule has 2 amide bonds. The standard InChI is InChI=1S/C27H30N2O2/c1-3-28-27(31)21(2)29(20-22-13-7-4-8-14-22)26(30)19-25(23-15-9-5-10-16-23)24-17-11-6-12-18-24/h4-18,21,25H,3,19-20H2,1-2H3,(H,28,31). The molecule has 4 heteroatoms. The monoisotopic (exact) mass is 414 g/mol. The summed E-state index contributed by atoms with van der Waals surface area (Å²) in [5.74, 6) is -0.252. The molecule has 4 nitrogen and oxygen atoms in total. The Hall–Kier alpha value is -3.40. The van der Waals surface area contributed by atoms with E-state index in [0.29, 0.717) is 19.5 Å². The molecule has 3 aromatic carbocycles. The normalized spacial score (nSPS) is 11.7. The average Bonchev–Trinajstić information content (AvgIpc) is 2.82. The van der Waals surface area contributed by atoms with E-state index in [0.717, 1.165) is 16.7 Å². The molecule has 0 spiro atoms. The third-order valence-electron chi connectivity index (χ3n) is 5.50. The lowest BCUT2D eigenvalue weighted by atomic mass is 9.88. The van der Waals surface area contributed by atoms with Crippen molar-refractivity contribution in [2.45, 2.75) is 38.8 Å². The zero-order valence-corrected chi connectivity index (χ0v) is 18.2. The summed E-state index contributed by atoms with van der Waals surface area (Å²) in [7, 11) is 0. The molecule has 3 rings (SSSR count). The number of benzene rings is 3. The lowest BCUT2D eigenvalue weighted by Crippen LogP contribution is -2.47. The van der Waals surface area contributed by atoms with E-state index < -0.39 is 6.04 Å². The molecule has 31 heavy (non-hydrogen) atoms. The van der Waals surface area contributed by atoms with E-state index in [2.05, 4.69) is 29.6 Å². The molecule has 0 aromatic heterocycles. The van der Waals surface area contributed by atoms with Gasteiger partial charge in [0.15, 0.2) is 0 Å². The first-order valence-electron chi connectivity index (χ1n) is 10.8. The highest BCUT2D eigenvalue weighted by atomic mass is 16.2. The molecule has 0 saturated carbocycles. The molecule has 1 atom stereocenters. The Morgan fingerprint density at radius 2 is 1.29 bits per heavy atom. The van der Waals surface area contributed by atoms with E-state index in [1.54, 1.807) is 11.8 Å². The molecule has 0 heterocycles. The maximum Gasteiger partial charge on any atom is 0.242 e. The van der Waals surface area contributed by atoms with Crippen LogP contribution >= 0.6 is 0 Å². The van der Waals surface area contributed by atoms with Crippen molar-refractivity contribution in [1.29, 1.82) is 0 Å². The molecule has 0 aliphatic carbocycles. The van der Waals surface area contributed by atoms with E-state index in [9.17, 15) is 9.59 Å². The molecule has 0 fully saturated rings. The first kappa shape index (κ1) is 22.3. The van der Waals surface area contributed by atoms with Crippen molar-refractivity contribution in [1.82, 2.24) is 10.2 Å². The molecular weight excluding hydrogens is 384 g/mol. The maximum absolute atomic E-state index is 13.6. The molecule has 0 aliphatic heterocycles. The van der Waals surface area contributed by atoms with Crippen molar-refractivity contribution in [2.75, 3.05) is 6.54 Å². The molecule has 1 unspecified atom stereocenters. The highest BCUT2D eigenvalue weighted by Gasteiger charge is 2.28. The minimum absolute atomic E-state index is 0.0414. The fourth-order valence-corrected chi connectivity index (χ4v) is 3.78. The second-order valence-electron chi connectivity index (χ2n) is 7.66. The van der Waals surface area contributed by atoms with Crippen molar-refractivity contribution in [3.05, 3.63) is 108 Å². The van der Waals surface area contributed by atoms with Crippen LogP contribution in [0.15, 0.2) is 91.0 Å². The van der Waals surface area contributed by atoms with Gasteiger partial charge >= 0.3 is 0 Å². The molecule has 0 aliphatic rings. The van der Waals surface area contributed by atoms with Gasteiger partial charge in [-0.2, -0.15) is 0 Å². The van der Waals surface area contributed by atoms with Crippen LogP contribution in [0, 0.1) is 0 Å². The van der Waals surface area contributed by atoms with Crippen LogP contribution in [0.25, 0.3) is 0 Å². The lowest BCUT2D eigenvalue weighted by Gasteiger charge is -2.30. The highest BCUT2D eigenvalue weighted by Crippen LogP contribution is 2.29. The van der Waals surface area contributed by atoms with E-state index in [1.165, 1.54) is 0 Å². The highest BCUT2D eigenvalue weighted by molar-refractivity contribution is 5.87. The van der Waals surface area contributed by atoms with Crippen molar-refractivity contribution in [3.8, 4) is 0 Å². The molecule has 1 N–H and O–H groups in total. The van der Waals surface area contributed by atoms with Crippen molar-refractivity contribution in [2.24, 2.45) is 0 Å². The number of carbonyl (C=O) groups is 2. The summed E-state index contributed by atoms with van der Waals surface area (Å²) >= 11 is 0. The number of hydrogen-bond acceptors (Lipinski definition) is 2. The molecule has 0 radical (unpaired) electrons. The summed E-state index contributed by atoms with van der Waals surface area (Å²) < 4.78 is 0. The minimum Gasteiger partial charge on any atom is -0.355 e. The number of rotatable bonds is 9. The predicted octanol–water partition coefficient (Wildman–Crippen LogP) is 4.76. The van der Waals surface area contributed by atoms with Gasteiger partial charge in [-0.3, -0.25) is 9.59 Å².